The number of aryl methyl sites for hydroxylation is 3. The first-order chi connectivity index (χ1) is 15.0. The second-order valence-electron chi connectivity index (χ2n) is 8.04. The van der Waals surface area contributed by atoms with Crippen LogP contribution in [0.1, 0.15) is 29.8 Å². The van der Waals surface area contributed by atoms with Gasteiger partial charge in [0.1, 0.15) is 6.33 Å². The van der Waals surface area contributed by atoms with Crippen LogP contribution >= 0.6 is 0 Å². The summed E-state index contributed by atoms with van der Waals surface area (Å²) in [5, 5.41) is 7.47. The molecule has 1 saturated heterocycles. The number of piperidine rings is 1. The molecule has 162 valence electrons. The number of likely N-dealkylation sites (tertiary alicyclic amines) is 1. The van der Waals surface area contributed by atoms with Crippen molar-refractivity contribution in [3.05, 3.63) is 59.7 Å². The van der Waals surface area contributed by atoms with Gasteiger partial charge in [0.15, 0.2) is 5.82 Å². The number of para-hydroxylation sites is 1. The van der Waals surface area contributed by atoms with Crippen LogP contribution in [0.3, 0.4) is 0 Å². The highest BCUT2D eigenvalue weighted by Gasteiger charge is 2.23. The summed E-state index contributed by atoms with van der Waals surface area (Å²) in [4.78, 5) is 23.0. The summed E-state index contributed by atoms with van der Waals surface area (Å²) in [6.07, 6.45) is 3.30. The number of hydrogen-bond donors (Lipinski definition) is 1. The molecule has 8 heteroatoms. The molecule has 1 fully saturated rings. The Hall–Kier alpha value is -3.42. The predicted octanol–water partition coefficient (Wildman–Crippen LogP) is 3.91. The summed E-state index contributed by atoms with van der Waals surface area (Å²) in [6.45, 7) is 7.94. The van der Waals surface area contributed by atoms with Gasteiger partial charge >= 0.3 is 6.03 Å². The lowest BCUT2D eigenvalue weighted by atomic mass is 9.98. The average molecular weight is 421 g/mol. The number of nitrogens with one attached hydrogen (secondary N) is 1. The zero-order valence-corrected chi connectivity index (χ0v) is 18.2. The predicted molar refractivity (Wildman–Crippen MR) is 119 cm³/mol. The summed E-state index contributed by atoms with van der Waals surface area (Å²) >= 11 is 0. The molecule has 0 aliphatic carbocycles. The third-order valence-electron chi connectivity index (χ3n) is 5.61. The Morgan fingerprint density at radius 3 is 2.61 bits per heavy atom. The zero-order valence-electron chi connectivity index (χ0n) is 18.2. The van der Waals surface area contributed by atoms with Crippen molar-refractivity contribution >= 4 is 11.7 Å². The van der Waals surface area contributed by atoms with Gasteiger partial charge in [-0.05, 0) is 57.2 Å². The molecule has 2 amide bonds. The van der Waals surface area contributed by atoms with Gasteiger partial charge in [-0.3, -0.25) is 0 Å². The molecule has 1 aliphatic rings. The van der Waals surface area contributed by atoms with E-state index in [-0.39, 0.29) is 6.03 Å². The van der Waals surface area contributed by atoms with Crippen LogP contribution in [0.4, 0.5) is 10.5 Å². The fraction of sp³-hybridized carbons (Fsp3) is 0.391. The lowest BCUT2D eigenvalue weighted by Gasteiger charge is -2.32. The molecule has 1 N–H and O–H groups in total. The van der Waals surface area contributed by atoms with E-state index in [1.54, 1.807) is 4.68 Å². The van der Waals surface area contributed by atoms with E-state index in [0.29, 0.717) is 37.3 Å². The van der Waals surface area contributed by atoms with Gasteiger partial charge in [-0.2, -0.15) is 5.10 Å². The number of anilines is 1. The normalized spacial score (nSPS) is 14.5. The van der Waals surface area contributed by atoms with Gasteiger partial charge in [-0.1, -0.05) is 18.2 Å². The molecule has 0 atom stereocenters. The van der Waals surface area contributed by atoms with Crippen molar-refractivity contribution in [1.29, 1.82) is 0 Å². The number of benzene rings is 1. The number of urea groups is 1. The maximum absolute atomic E-state index is 12.6. The highest BCUT2D eigenvalue weighted by Crippen LogP contribution is 2.21. The van der Waals surface area contributed by atoms with E-state index in [4.69, 9.17) is 4.74 Å². The fourth-order valence-electron chi connectivity index (χ4n) is 3.80. The summed E-state index contributed by atoms with van der Waals surface area (Å²) in [5.41, 5.74) is 3.87. The number of amides is 2. The van der Waals surface area contributed by atoms with Crippen molar-refractivity contribution < 1.29 is 9.53 Å². The van der Waals surface area contributed by atoms with Crippen LogP contribution in [0.2, 0.25) is 0 Å². The zero-order chi connectivity index (χ0) is 21.8. The first kappa shape index (κ1) is 20.8. The van der Waals surface area contributed by atoms with Gasteiger partial charge in [0.05, 0.1) is 12.3 Å². The SMILES string of the molecule is Cc1cc(C)n(-c2cc(OCC3CCN(C(=O)Nc4ccccc4C)CC3)ncn2)n1. The van der Waals surface area contributed by atoms with Crippen LogP contribution in [0.15, 0.2) is 42.7 Å². The molecule has 0 bridgehead atoms. The Labute approximate surface area is 182 Å². The average Bonchev–Trinajstić information content (AvgIpc) is 3.12. The van der Waals surface area contributed by atoms with Crippen LogP contribution in [-0.2, 0) is 0 Å². The Kier molecular flexibility index (Phi) is 6.16. The van der Waals surface area contributed by atoms with Crippen molar-refractivity contribution in [2.75, 3.05) is 25.0 Å². The van der Waals surface area contributed by atoms with Gasteiger partial charge in [0.25, 0.3) is 0 Å². The minimum atomic E-state index is -0.0426. The van der Waals surface area contributed by atoms with Crippen LogP contribution in [0.5, 0.6) is 5.88 Å². The minimum Gasteiger partial charge on any atom is -0.477 e. The summed E-state index contributed by atoms with van der Waals surface area (Å²) in [5.74, 6) is 1.62. The second-order valence-corrected chi connectivity index (χ2v) is 8.04. The molecule has 0 radical (unpaired) electrons. The third-order valence-corrected chi connectivity index (χ3v) is 5.61. The molecule has 1 aliphatic heterocycles. The number of ether oxygens (including phenoxy) is 1. The number of carbonyl (C=O) groups is 1. The van der Waals surface area contributed by atoms with E-state index in [9.17, 15) is 4.79 Å². The van der Waals surface area contributed by atoms with Crippen molar-refractivity contribution in [1.82, 2.24) is 24.6 Å². The van der Waals surface area contributed by atoms with Crippen molar-refractivity contribution in [3.63, 3.8) is 0 Å². The highest BCUT2D eigenvalue weighted by molar-refractivity contribution is 5.90. The summed E-state index contributed by atoms with van der Waals surface area (Å²) < 4.78 is 7.74. The number of hydrogen-bond acceptors (Lipinski definition) is 5. The van der Waals surface area contributed by atoms with Gasteiger partial charge in [-0.25, -0.2) is 19.4 Å². The van der Waals surface area contributed by atoms with Crippen molar-refractivity contribution in [2.24, 2.45) is 5.92 Å². The smallest absolute Gasteiger partial charge is 0.321 e. The third kappa shape index (κ3) is 5.02. The van der Waals surface area contributed by atoms with E-state index >= 15 is 0 Å². The highest BCUT2D eigenvalue weighted by atomic mass is 16.5. The minimum absolute atomic E-state index is 0.0426. The van der Waals surface area contributed by atoms with Crippen LogP contribution < -0.4 is 10.1 Å². The molecular weight excluding hydrogens is 392 g/mol. The van der Waals surface area contributed by atoms with Gasteiger partial charge in [-0.15, -0.1) is 0 Å². The number of rotatable bonds is 5. The topological polar surface area (TPSA) is 85.2 Å². The molecule has 8 nitrogen and oxygen atoms in total. The lowest BCUT2D eigenvalue weighted by molar-refractivity contribution is 0.150. The Morgan fingerprint density at radius 2 is 1.90 bits per heavy atom. The maximum Gasteiger partial charge on any atom is 0.321 e. The quantitative estimate of drug-likeness (QED) is 0.676. The first-order valence-corrected chi connectivity index (χ1v) is 10.6. The van der Waals surface area contributed by atoms with Crippen LogP contribution in [0, 0.1) is 26.7 Å². The molecule has 0 saturated carbocycles. The molecule has 4 rings (SSSR count). The van der Waals surface area contributed by atoms with Crippen molar-refractivity contribution in [2.45, 2.75) is 33.6 Å². The van der Waals surface area contributed by atoms with Gasteiger partial charge < -0.3 is 15.0 Å². The summed E-state index contributed by atoms with van der Waals surface area (Å²) in [6, 6.07) is 11.6. The molecule has 0 unspecified atom stereocenters. The van der Waals surface area contributed by atoms with E-state index < -0.39 is 0 Å². The Balaban J connectivity index is 1.28. The van der Waals surface area contributed by atoms with Crippen LogP contribution in [-0.4, -0.2) is 50.4 Å². The molecule has 3 heterocycles. The monoisotopic (exact) mass is 420 g/mol. The van der Waals surface area contributed by atoms with Gasteiger partial charge in [0.2, 0.25) is 5.88 Å². The fourth-order valence-corrected chi connectivity index (χ4v) is 3.80. The van der Waals surface area contributed by atoms with E-state index in [1.165, 1.54) is 6.33 Å². The van der Waals surface area contributed by atoms with E-state index in [1.807, 2.05) is 62.1 Å². The van der Waals surface area contributed by atoms with E-state index in [2.05, 4.69) is 20.4 Å². The second kappa shape index (κ2) is 9.16. The number of carbonyl (C=O) groups excluding carboxylic acids is 1. The lowest BCUT2D eigenvalue weighted by Crippen LogP contribution is -2.42. The Bertz CT molecular complexity index is 1060. The maximum atomic E-state index is 12.6. The summed E-state index contributed by atoms with van der Waals surface area (Å²) in [7, 11) is 0. The molecule has 3 aromatic rings. The number of aromatic nitrogens is 4. The largest absolute Gasteiger partial charge is 0.477 e. The molecular formula is C23H28N6O2. The number of nitrogens with zero attached hydrogens (tertiary/aromatic N) is 5. The molecule has 1 aromatic carbocycles. The Morgan fingerprint density at radius 1 is 1.13 bits per heavy atom. The molecule has 31 heavy (non-hydrogen) atoms. The van der Waals surface area contributed by atoms with Gasteiger partial charge in [0, 0.05) is 30.5 Å². The molecule has 2 aromatic heterocycles. The standard InChI is InChI=1S/C23H28N6O2/c1-16-6-4-5-7-20(16)26-23(30)28-10-8-19(9-11-28)14-31-22-13-21(24-15-25-22)29-18(3)12-17(2)27-29/h4-7,12-13,15,19H,8-11,14H2,1-3H3,(H,26,30). The van der Waals surface area contributed by atoms with Crippen molar-refractivity contribution in [3.8, 4) is 11.7 Å². The van der Waals surface area contributed by atoms with E-state index in [0.717, 1.165) is 35.5 Å². The van der Waals surface area contributed by atoms with Crippen LogP contribution in [0.25, 0.3) is 5.82 Å². The first-order valence-electron chi connectivity index (χ1n) is 10.6. The molecule has 0 spiro atoms.